The summed E-state index contributed by atoms with van der Waals surface area (Å²) in [5.74, 6) is -0.532. The maximum Gasteiger partial charge on any atom is 0.359 e. The van der Waals surface area contributed by atoms with Crippen molar-refractivity contribution in [2.24, 2.45) is 0 Å². The van der Waals surface area contributed by atoms with E-state index in [0.717, 1.165) is 12.8 Å². The van der Waals surface area contributed by atoms with E-state index in [1.165, 1.54) is 44.9 Å². The second kappa shape index (κ2) is 12.6. The van der Waals surface area contributed by atoms with Gasteiger partial charge in [0.05, 0.1) is 27.1 Å². The lowest BCUT2D eigenvalue weighted by Gasteiger charge is -2.27. The standard InChI is InChI=1S/C18H35NO3/c1-4-5-6-7-8-9-10-11-12-13-17(20)14-15-19(2,3)16-18(21)22/h4-16H2,1-3H3/p+1. The van der Waals surface area contributed by atoms with Crippen LogP contribution in [-0.2, 0) is 9.59 Å². The summed E-state index contributed by atoms with van der Waals surface area (Å²) in [6.45, 7) is 2.92. The topological polar surface area (TPSA) is 54.4 Å². The van der Waals surface area contributed by atoms with Crippen molar-refractivity contribution in [2.45, 2.75) is 77.6 Å². The molecule has 0 unspecified atom stereocenters. The fourth-order valence-electron chi connectivity index (χ4n) is 2.63. The van der Waals surface area contributed by atoms with Crippen LogP contribution in [0, 0.1) is 0 Å². The van der Waals surface area contributed by atoms with Crippen LogP contribution in [0.5, 0.6) is 0 Å². The zero-order chi connectivity index (χ0) is 16.8. The summed E-state index contributed by atoms with van der Waals surface area (Å²) in [4.78, 5) is 22.5. The number of hydrogen-bond donors (Lipinski definition) is 1. The highest BCUT2D eigenvalue weighted by molar-refractivity contribution is 5.78. The third-order valence-corrected chi connectivity index (χ3v) is 4.12. The highest BCUT2D eigenvalue weighted by Crippen LogP contribution is 2.11. The van der Waals surface area contributed by atoms with E-state index in [-0.39, 0.29) is 12.3 Å². The van der Waals surface area contributed by atoms with E-state index >= 15 is 0 Å². The van der Waals surface area contributed by atoms with Gasteiger partial charge in [0, 0.05) is 6.42 Å². The molecule has 0 aromatic carbocycles. The number of quaternary nitrogens is 1. The molecule has 0 heterocycles. The molecule has 4 nitrogen and oxygen atoms in total. The van der Waals surface area contributed by atoms with E-state index in [0.29, 0.717) is 23.9 Å². The van der Waals surface area contributed by atoms with Gasteiger partial charge in [-0.2, -0.15) is 0 Å². The first-order chi connectivity index (χ1) is 10.4. The Morgan fingerprint density at radius 1 is 0.818 bits per heavy atom. The highest BCUT2D eigenvalue weighted by Gasteiger charge is 2.20. The first kappa shape index (κ1) is 21.1. The molecular formula is C18H36NO3+. The third kappa shape index (κ3) is 14.1. The van der Waals surface area contributed by atoms with Crippen molar-refractivity contribution < 1.29 is 19.2 Å². The molecule has 0 aliphatic heterocycles. The number of nitrogens with zero attached hydrogens (tertiary/aromatic N) is 1. The number of carboxylic acid groups (broad SMARTS) is 1. The Bertz CT molecular complexity index is 313. The molecule has 0 bridgehead atoms. The van der Waals surface area contributed by atoms with Crippen molar-refractivity contribution in [1.82, 2.24) is 0 Å². The maximum atomic E-state index is 11.8. The molecule has 0 saturated carbocycles. The van der Waals surface area contributed by atoms with E-state index in [1.54, 1.807) is 0 Å². The molecule has 0 radical (unpaired) electrons. The van der Waals surface area contributed by atoms with Gasteiger partial charge in [0.2, 0.25) is 0 Å². The molecule has 0 rings (SSSR count). The molecule has 130 valence electrons. The molecule has 0 fully saturated rings. The third-order valence-electron chi connectivity index (χ3n) is 4.12. The summed E-state index contributed by atoms with van der Waals surface area (Å²) >= 11 is 0. The van der Waals surface area contributed by atoms with E-state index in [1.807, 2.05) is 14.1 Å². The molecule has 0 saturated heterocycles. The fourth-order valence-corrected chi connectivity index (χ4v) is 2.63. The molecule has 0 aromatic rings. The van der Waals surface area contributed by atoms with Crippen LogP contribution in [0.4, 0.5) is 0 Å². The lowest BCUT2D eigenvalue weighted by molar-refractivity contribution is -0.882. The van der Waals surface area contributed by atoms with Crippen LogP contribution < -0.4 is 0 Å². The SMILES string of the molecule is CCCCCCCCCCCC(=O)CC[N+](C)(C)CC(=O)O. The van der Waals surface area contributed by atoms with Crippen molar-refractivity contribution in [3.05, 3.63) is 0 Å². The number of carbonyl (C=O) groups is 2. The Labute approximate surface area is 136 Å². The Morgan fingerprint density at radius 2 is 1.32 bits per heavy atom. The number of ketones is 1. The van der Waals surface area contributed by atoms with Gasteiger partial charge in [0.25, 0.3) is 0 Å². The Morgan fingerprint density at radius 3 is 1.82 bits per heavy atom. The minimum Gasteiger partial charge on any atom is -0.477 e. The average molecular weight is 314 g/mol. The van der Waals surface area contributed by atoms with Crippen molar-refractivity contribution in [1.29, 1.82) is 0 Å². The molecule has 0 aliphatic rings. The number of unbranched alkanes of at least 4 members (excludes halogenated alkanes) is 8. The molecule has 0 aromatic heterocycles. The molecule has 22 heavy (non-hydrogen) atoms. The van der Waals surface area contributed by atoms with E-state index in [9.17, 15) is 9.59 Å². The number of aliphatic carboxylic acids is 1. The van der Waals surface area contributed by atoms with Crippen LogP contribution in [0.3, 0.4) is 0 Å². The summed E-state index contributed by atoms with van der Waals surface area (Å²) in [6.07, 6.45) is 12.5. The molecular weight excluding hydrogens is 278 g/mol. The van der Waals surface area contributed by atoms with Gasteiger partial charge in [-0.15, -0.1) is 0 Å². The molecule has 0 atom stereocenters. The molecule has 4 heteroatoms. The second-order valence-corrected chi connectivity index (χ2v) is 7.08. The first-order valence-corrected chi connectivity index (χ1v) is 8.93. The molecule has 0 aliphatic carbocycles. The van der Waals surface area contributed by atoms with Gasteiger partial charge in [-0.3, -0.25) is 4.79 Å². The Hall–Kier alpha value is -0.900. The smallest absolute Gasteiger partial charge is 0.359 e. The lowest BCUT2D eigenvalue weighted by atomic mass is 10.0. The van der Waals surface area contributed by atoms with Gasteiger partial charge >= 0.3 is 5.97 Å². The van der Waals surface area contributed by atoms with Gasteiger partial charge in [-0.05, 0) is 6.42 Å². The monoisotopic (exact) mass is 314 g/mol. The Balaban J connectivity index is 3.48. The first-order valence-electron chi connectivity index (χ1n) is 8.93. The summed E-state index contributed by atoms with van der Waals surface area (Å²) < 4.78 is 0.374. The quantitative estimate of drug-likeness (QED) is 0.367. The van der Waals surface area contributed by atoms with Gasteiger partial charge in [0.1, 0.15) is 5.78 Å². The zero-order valence-corrected chi connectivity index (χ0v) is 14.9. The second-order valence-electron chi connectivity index (χ2n) is 7.08. The van der Waals surface area contributed by atoms with Gasteiger partial charge in [-0.25, -0.2) is 4.79 Å². The molecule has 1 N–H and O–H groups in total. The summed E-state index contributed by atoms with van der Waals surface area (Å²) in [5.41, 5.74) is 0. The summed E-state index contributed by atoms with van der Waals surface area (Å²) in [6, 6.07) is 0. The minimum atomic E-state index is -0.809. The maximum absolute atomic E-state index is 11.8. The van der Waals surface area contributed by atoms with Crippen molar-refractivity contribution >= 4 is 11.8 Å². The van der Waals surface area contributed by atoms with Crippen molar-refractivity contribution in [2.75, 3.05) is 27.2 Å². The minimum absolute atomic E-state index is 0.0747. The van der Waals surface area contributed by atoms with Crippen LogP contribution in [0.25, 0.3) is 0 Å². The number of carbonyl (C=O) groups excluding carboxylic acids is 1. The summed E-state index contributed by atoms with van der Waals surface area (Å²) in [5, 5.41) is 8.81. The van der Waals surface area contributed by atoms with Crippen LogP contribution in [0.1, 0.15) is 77.6 Å². The van der Waals surface area contributed by atoms with Gasteiger partial charge < -0.3 is 9.59 Å². The average Bonchev–Trinajstić information content (AvgIpc) is 2.42. The largest absolute Gasteiger partial charge is 0.477 e. The van der Waals surface area contributed by atoms with Crippen LogP contribution in [-0.4, -0.2) is 48.5 Å². The Kier molecular flexibility index (Phi) is 12.1. The highest BCUT2D eigenvalue weighted by atomic mass is 16.4. The normalized spacial score (nSPS) is 11.6. The van der Waals surface area contributed by atoms with E-state index < -0.39 is 5.97 Å². The lowest BCUT2D eigenvalue weighted by Crippen LogP contribution is -2.45. The fraction of sp³-hybridized carbons (Fsp3) is 0.889. The number of Topliss-reactive ketones (excluding diaryl/α,β-unsaturated/α-hetero) is 1. The zero-order valence-electron chi connectivity index (χ0n) is 14.9. The van der Waals surface area contributed by atoms with Crippen molar-refractivity contribution in [3.63, 3.8) is 0 Å². The number of rotatable bonds is 15. The number of carboxylic acids is 1. The number of hydrogen-bond acceptors (Lipinski definition) is 2. The number of likely N-dealkylation sites (N-methyl/N-ethyl adjacent to an activating group) is 1. The van der Waals surface area contributed by atoms with Crippen LogP contribution in [0.15, 0.2) is 0 Å². The molecule has 0 spiro atoms. The van der Waals surface area contributed by atoms with Gasteiger partial charge in [-0.1, -0.05) is 58.3 Å². The molecule has 0 amide bonds. The van der Waals surface area contributed by atoms with Crippen LogP contribution >= 0.6 is 0 Å². The van der Waals surface area contributed by atoms with Crippen LogP contribution in [0.2, 0.25) is 0 Å². The van der Waals surface area contributed by atoms with Gasteiger partial charge in [0.15, 0.2) is 6.54 Å². The van der Waals surface area contributed by atoms with E-state index in [4.69, 9.17) is 5.11 Å². The predicted octanol–water partition coefficient (Wildman–Crippen LogP) is 4.03. The van der Waals surface area contributed by atoms with Crippen molar-refractivity contribution in [3.8, 4) is 0 Å². The predicted molar refractivity (Wildman–Crippen MR) is 90.9 cm³/mol. The summed E-state index contributed by atoms with van der Waals surface area (Å²) in [7, 11) is 3.72. The van der Waals surface area contributed by atoms with E-state index in [2.05, 4.69) is 6.92 Å².